The molecule has 5 heteroatoms. The van der Waals surface area contributed by atoms with Gasteiger partial charge >= 0.3 is 0 Å². The minimum absolute atomic E-state index is 0.828. The van der Waals surface area contributed by atoms with E-state index in [4.69, 9.17) is 0 Å². The fourth-order valence-corrected chi connectivity index (χ4v) is 3.11. The fraction of sp³-hybridized carbons (Fsp3) is 0.471. The highest BCUT2D eigenvalue weighted by Gasteiger charge is 2.07. The lowest BCUT2D eigenvalue weighted by Gasteiger charge is -2.22. The number of nitrogens with one attached hydrogen (secondary N) is 2. The average molecular weight is 318 g/mol. The van der Waals surface area contributed by atoms with Gasteiger partial charge in [0.1, 0.15) is 0 Å². The Morgan fingerprint density at radius 3 is 2.59 bits per heavy atom. The van der Waals surface area contributed by atoms with Crippen molar-refractivity contribution in [2.45, 2.75) is 34.2 Å². The summed E-state index contributed by atoms with van der Waals surface area (Å²) in [4.78, 5) is 6.96. The first kappa shape index (κ1) is 16.8. The quantitative estimate of drug-likeness (QED) is 0.767. The number of nitrogens with zero attached hydrogens (tertiary/aromatic N) is 2. The summed E-state index contributed by atoms with van der Waals surface area (Å²) >= 11 is 1.65. The van der Waals surface area contributed by atoms with Crippen LogP contribution in [0.3, 0.4) is 0 Å². The second-order valence-corrected chi connectivity index (χ2v) is 6.08. The van der Waals surface area contributed by atoms with E-state index in [2.05, 4.69) is 71.8 Å². The smallest absolute Gasteiger partial charge is 0.187 e. The molecular formula is C17H26N4S. The first-order chi connectivity index (χ1) is 10.7. The molecular weight excluding hydrogens is 292 g/mol. The lowest BCUT2D eigenvalue weighted by molar-refractivity contribution is 0.715. The molecule has 0 bridgehead atoms. The van der Waals surface area contributed by atoms with Crippen LogP contribution >= 0.6 is 11.3 Å². The number of hydrogen-bond acceptors (Lipinski definition) is 5. The molecule has 0 saturated carbocycles. The predicted octanol–water partition coefficient (Wildman–Crippen LogP) is 4.15. The van der Waals surface area contributed by atoms with Crippen molar-refractivity contribution in [1.82, 2.24) is 10.3 Å². The molecule has 0 aliphatic carbocycles. The van der Waals surface area contributed by atoms with Crippen molar-refractivity contribution in [3.05, 3.63) is 34.8 Å². The predicted molar refractivity (Wildman–Crippen MR) is 97.5 cm³/mol. The second kappa shape index (κ2) is 8.15. The molecule has 2 N–H and O–H groups in total. The van der Waals surface area contributed by atoms with E-state index < -0.39 is 0 Å². The summed E-state index contributed by atoms with van der Waals surface area (Å²) in [6.45, 7) is 12.5. The van der Waals surface area contributed by atoms with E-state index in [1.54, 1.807) is 11.3 Å². The molecule has 1 heterocycles. The lowest BCUT2D eigenvalue weighted by atomic mass is 10.1. The zero-order valence-electron chi connectivity index (χ0n) is 13.9. The Morgan fingerprint density at radius 1 is 1.18 bits per heavy atom. The lowest BCUT2D eigenvalue weighted by Crippen LogP contribution is -2.21. The molecule has 2 aromatic rings. The molecule has 4 nitrogen and oxygen atoms in total. The van der Waals surface area contributed by atoms with Gasteiger partial charge in [0.2, 0.25) is 0 Å². The maximum absolute atomic E-state index is 4.61. The SMILES string of the molecule is CCNCc1csc(Nc2ccc(N(CC)CC)cc2C)n1. The Morgan fingerprint density at radius 2 is 1.95 bits per heavy atom. The normalized spacial score (nSPS) is 10.7. The van der Waals surface area contributed by atoms with Crippen molar-refractivity contribution >= 4 is 27.8 Å². The van der Waals surface area contributed by atoms with E-state index in [1.165, 1.54) is 11.3 Å². The summed E-state index contributed by atoms with van der Waals surface area (Å²) in [6, 6.07) is 6.56. The minimum Gasteiger partial charge on any atom is -0.372 e. The number of anilines is 3. The van der Waals surface area contributed by atoms with Crippen LogP contribution in [0.4, 0.5) is 16.5 Å². The third kappa shape index (κ3) is 4.21. The number of aromatic nitrogens is 1. The standard InChI is InChI=1S/C17H26N4S/c1-5-18-11-14-12-22-17(19-14)20-16-9-8-15(10-13(16)4)21(6-2)7-3/h8-10,12,18H,5-7,11H2,1-4H3,(H,19,20). The van der Waals surface area contributed by atoms with E-state index >= 15 is 0 Å². The topological polar surface area (TPSA) is 40.2 Å². The third-order valence-corrected chi connectivity index (χ3v) is 4.49. The summed E-state index contributed by atoms with van der Waals surface area (Å²) in [5, 5.41) is 9.78. The number of thiazole rings is 1. The first-order valence-electron chi connectivity index (χ1n) is 7.95. The Balaban J connectivity index is 2.08. The van der Waals surface area contributed by atoms with Gasteiger partial charge in [-0.05, 0) is 51.1 Å². The van der Waals surface area contributed by atoms with Crippen LogP contribution in [-0.4, -0.2) is 24.6 Å². The van der Waals surface area contributed by atoms with Gasteiger partial charge in [-0.3, -0.25) is 0 Å². The maximum Gasteiger partial charge on any atom is 0.187 e. The zero-order valence-corrected chi connectivity index (χ0v) is 14.8. The molecule has 2 rings (SSSR count). The van der Waals surface area contributed by atoms with Gasteiger partial charge in [0.05, 0.1) is 5.69 Å². The number of hydrogen-bond donors (Lipinski definition) is 2. The van der Waals surface area contributed by atoms with Gasteiger partial charge in [-0.25, -0.2) is 4.98 Å². The largest absolute Gasteiger partial charge is 0.372 e. The molecule has 1 aromatic carbocycles. The van der Waals surface area contributed by atoms with Crippen molar-refractivity contribution in [1.29, 1.82) is 0 Å². The molecule has 0 unspecified atom stereocenters. The third-order valence-electron chi connectivity index (χ3n) is 3.69. The Labute approximate surface area is 137 Å². The minimum atomic E-state index is 0.828. The van der Waals surface area contributed by atoms with Crippen molar-refractivity contribution in [3.63, 3.8) is 0 Å². The summed E-state index contributed by atoms with van der Waals surface area (Å²) in [7, 11) is 0. The van der Waals surface area contributed by atoms with Crippen molar-refractivity contribution in [2.75, 3.05) is 29.9 Å². The van der Waals surface area contributed by atoms with E-state index in [1.807, 2.05) is 0 Å². The van der Waals surface area contributed by atoms with E-state index in [-0.39, 0.29) is 0 Å². The average Bonchev–Trinajstić information content (AvgIpc) is 2.96. The van der Waals surface area contributed by atoms with Crippen LogP contribution in [0.5, 0.6) is 0 Å². The van der Waals surface area contributed by atoms with Gasteiger partial charge in [-0.15, -0.1) is 11.3 Å². The fourth-order valence-electron chi connectivity index (χ4n) is 2.39. The molecule has 0 spiro atoms. The first-order valence-corrected chi connectivity index (χ1v) is 8.83. The Hall–Kier alpha value is -1.59. The summed E-state index contributed by atoms with van der Waals surface area (Å²) in [6.07, 6.45) is 0. The van der Waals surface area contributed by atoms with Crippen molar-refractivity contribution in [3.8, 4) is 0 Å². The van der Waals surface area contributed by atoms with Crippen LogP contribution in [0, 0.1) is 6.92 Å². The van der Waals surface area contributed by atoms with Crippen LogP contribution < -0.4 is 15.5 Å². The highest BCUT2D eigenvalue weighted by atomic mass is 32.1. The van der Waals surface area contributed by atoms with E-state index in [0.29, 0.717) is 0 Å². The van der Waals surface area contributed by atoms with Crippen molar-refractivity contribution in [2.24, 2.45) is 0 Å². The van der Waals surface area contributed by atoms with Gasteiger partial charge in [0.15, 0.2) is 5.13 Å². The van der Waals surface area contributed by atoms with Crippen molar-refractivity contribution < 1.29 is 0 Å². The molecule has 0 aliphatic rings. The Bertz CT molecular complexity index is 590. The molecule has 0 atom stereocenters. The van der Waals surface area contributed by atoms with Crippen LogP contribution in [0.15, 0.2) is 23.6 Å². The Kier molecular flexibility index (Phi) is 6.21. The van der Waals surface area contributed by atoms with Crippen LogP contribution in [0.2, 0.25) is 0 Å². The van der Waals surface area contributed by atoms with Crippen LogP contribution in [-0.2, 0) is 6.54 Å². The van der Waals surface area contributed by atoms with E-state index in [0.717, 1.165) is 42.7 Å². The zero-order chi connectivity index (χ0) is 15.9. The van der Waals surface area contributed by atoms with Gasteiger partial charge in [0, 0.05) is 36.4 Å². The highest BCUT2D eigenvalue weighted by Crippen LogP contribution is 2.27. The molecule has 0 fully saturated rings. The van der Waals surface area contributed by atoms with Gasteiger partial charge < -0.3 is 15.5 Å². The second-order valence-electron chi connectivity index (χ2n) is 5.22. The molecule has 1 aromatic heterocycles. The summed E-state index contributed by atoms with van der Waals surface area (Å²) in [5.41, 5.74) is 4.74. The maximum atomic E-state index is 4.61. The van der Waals surface area contributed by atoms with Crippen LogP contribution in [0.1, 0.15) is 32.0 Å². The number of aryl methyl sites for hydroxylation is 1. The molecule has 0 saturated heterocycles. The summed E-state index contributed by atoms with van der Waals surface area (Å²) in [5.74, 6) is 0. The summed E-state index contributed by atoms with van der Waals surface area (Å²) < 4.78 is 0. The van der Waals surface area contributed by atoms with Crippen LogP contribution in [0.25, 0.3) is 0 Å². The highest BCUT2D eigenvalue weighted by molar-refractivity contribution is 7.13. The van der Waals surface area contributed by atoms with Gasteiger partial charge in [-0.2, -0.15) is 0 Å². The van der Waals surface area contributed by atoms with Gasteiger partial charge in [0.25, 0.3) is 0 Å². The molecule has 0 radical (unpaired) electrons. The van der Waals surface area contributed by atoms with E-state index in [9.17, 15) is 0 Å². The number of benzene rings is 1. The monoisotopic (exact) mass is 318 g/mol. The molecule has 120 valence electrons. The molecule has 0 amide bonds. The van der Waals surface area contributed by atoms with Gasteiger partial charge in [-0.1, -0.05) is 6.92 Å². The number of rotatable bonds is 8. The molecule has 0 aliphatic heterocycles. The molecule has 22 heavy (non-hydrogen) atoms.